The third-order valence-corrected chi connectivity index (χ3v) is 5.85. The molecule has 0 saturated carbocycles. The second kappa shape index (κ2) is 5.12. The first-order valence-electron chi connectivity index (χ1n) is 6.05. The highest BCUT2D eigenvalue weighted by Gasteiger charge is 2.21. The van der Waals surface area contributed by atoms with Crippen LogP contribution in [0.5, 0.6) is 0 Å². The van der Waals surface area contributed by atoms with E-state index in [1.807, 2.05) is 0 Å². The quantitative estimate of drug-likeness (QED) is 0.712. The molecule has 1 aliphatic carbocycles. The van der Waals surface area contributed by atoms with Crippen LogP contribution >= 0.6 is 8.07 Å². The summed E-state index contributed by atoms with van der Waals surface area (Å²) in [5.74, 6) is 0. The largest absolute Gasteiger partial charge is 0.279 e. The molecule has 1 unspecified atom stereocenters. The molecule has 1 aliphatic rings. The lowest BCUT2D eigenvalue weighted by atomic mass is 10.1. The minimum atomic E-state index is -0.137. The summed E-state index contributed by atoms with van der Waals surface area (Å²) in [6.45, 7) is 9.19. The van der Waals surface area contributed by atoms with Crippen LogP contribution in [-0.4, -0.2) is 24.4 Å². The van der Waals surface area contributed by atoms with Crippen molar-refractivity contribution in [3.05, 3.63) is 41.5 Å². The Morgan fingerprint density at radius 3 is 2.56 bits per heavy atom. The fourth-order valence-corrected chi connectivity index (χ4v) is 4.45. The highest BCUT2D eigenvalue weighted by molar-refractivity contribution is 7.65. The number of allylic oxidation sites excluding steroid dienone is 1. The summed E-state index contributed by atoms with van der Waals surface area (Å²) in [6.07, 6.45) is 3.55. The summed E-state index contributed by atoms with van der Waals surface area (Å²) < 4.78 is 2.57. The third-order valence-electron chi connectivity index (χ3n) is 3.31. The van der Waals surface area contributed by atoms with E-state index in [-0.39, 0.29) is 8.07 Å². The molecule has 0 amide bonds. The Morgan fingerprint density at radius 2 is 1.88 bits per heavy atom. The molecule has 1 aromatic rings. The molecule has 0 heterocycles. The van der Waals surface area contributed by atoms with Gasteiger partial charge in [-0.05, 0) is 50.7 Å². The molecule has 0 fully saturated rings. The van der Waals surface area contributed by atoms with Gasteiger partial charge in [-0.1, -0.05) is 44.2 Å². The topological polar surface area (TPSA) is 3.24 Å². The first-order chi connectivity index (χ1) is 7.77. The molecule has 0 aliphatic heterocycles. The lowest BCUT2D eigenvalue weighted by molar-refractivity contribution is 0.513. The number of nitrogens with zero attached hydrogens (tertiary/aromatic N) is 1. The van der Waals surface area contributed by atoms with Crippen molar-refractivity contribution in [1.82, 2.24) is 4.67 Å². The first-order valence-corrected chi connectivity index (χ1v) is 7.79. The Balaban J connectivity index is 2.24. The Kier molecular flexibility index (Phi) is 3.78. The Morgan fingerprint density at radius 1 is 1.19 bits per heavy atom. The van der Waals surface area contributed by atoms with Gasteiger partial charge in [0.2, 0.25) is 0 Å². The van der Waals surface area contributed by atoms with Crippen molar-refractivity contribution < 1.29 is 0 Å². The maximum absolute atomic E-state index is 2.57. The van der Waals surface area contributed by atoms with Gasteiger partial charge in [-0.25, -0.2) is 0 Å². The van der Waals surface area contributed by atoms with Gasteiger partial charge in [0, 0.05) is 0 Å². The van der Waals surface area contributed by atoms with E-state index in [0.717, 1.165) is 19.5 Å². The van der Waals surface area contributed by atoms with Gasteiger partial charge in [-0.2, -0.15) is 0 Å². The maximum Gasteiger partial charge on any atom is -0.000493 e. The fraction of sp³-hybridized carbons (Fsp3) is 0.429. The molecule has 0 radical (unpaired) electrons. The third kappa shape index (κ3) is 2.07. The second-order valence-corrected chi connectivity index (χ2v) is 6.21. The van der Waals surface area contributed by atoms with Gasteiger partial charge in [-0.3, -0.25) is 4.67 Å². The summed E-state index contributed by atoms with van der Waals surface area (Å²) in [4.78, 5) is 0. The molecule has 86 valence electrons. The number of rotatable bonds is 4. The molecular weight excluding hydrogens is 213 g/mol. The summed E-state index contributed by atoms with van der Waals surface area (Å²) in [5.41, 5.74) is 2.99. The van der Waals surface area contributed by atoms with Crippen molar-refractivity contribution in [1.29, 1.82) is 0 Å². The van der Waals surface area contributed by atoms with E-state index in [1.165, 1.54) is 11.1 Å². The number of benzene rings is 1. The van der Waals surface area contributed by atoms with Crippen LogP contribution in [-0.2, 0) is 6.42 Å². The Hall–Kier alpha value is -0.650. The van der Waals surface area contributed by atoms with Gasteiger partial charge in [0.1, 0.15) is 0 Å². The lowest BCUT2D eigenvalue weighted by Crippen LogP contribution is -2.16. The molecule has 0 saturated heterocycles. The van der Waals surface area contributed by atoms with Crippen LogP contribution < -0.4 is 0 Å². The first kappa shape index (κ1) is 11.8. The predicted octanol–water partition coefficient (Wildman–Crippen LogP) is 3.95. The zero-order valence-electron chi connectivity index (χ0n) is 10.4. The van der Waals surface area contributed by atoms with E-state index in [1.54, 1.807) is 5.31 Å². The van der Waals surface area contributed by atoms with Gasteiger partial charge in [0.15, 0.2) is 0 Å². The molecule has 0 bridgehead atoms. The van der Waals surface area contributed by atoms with Gasteiger partial charge in [0.05, 0.1) is 0 Å². The molecule has 1 aromatic carbocycles. The standard InChI is InChI=1S/C14H20NP/c1-4-15(5-2)16(3)14-11-10-12-8-6-7-9-13(12)14/h6-9,11H,4-5,10H2,1-3H3. The zero-order valence-corrected chi connectivity index (χ0v) is 11.3. The van der Waals surface area contributed by atoms with Crippen molar-refractivity contribution in [2.24, 2.45) is 0 Å². The molecule has 16 heavy (non-hydrogen) atoms. The Bertz CT molecular complexity index is 393. The summed E-state index contributed by atoms with van der Waals surface area (Å²) in [6, 6.07) is 8.83. The molecule has 0 spiro atoms. The highest BCUT2D eigenvalue weighted by atomic mass is 31.1. The summed E-state index contributed by atoms with van der Waals surface area (Å²) in [5, 5.41) is 1.58. The van der Waals surface area contributed by atoms with E-state index < -0.39 is 0 Å². The van der Waals surface area contributed by atoms with Crippen LogP contribution in [0.1, 0.15) is 25.0 Å². The smallest absolute Gasteiger partial charge is 0.000493 e. The normalized spacial score (nSPS) is 16.1. The molecule has 0 aromatic heterocycles. The van der Waals surface area contributed by atoms with Crippen LogP contribution in [0.15, 0.2) is 30.3 Å². The molecule has 1 atom stereocenters. The number of hydrogen-bond donors (Lipinski definition) is 0. The van der Waals surface area contributed by atoms with Gasteiger partial charge in [0.25, 0.3) is 0 Å². The van der Waals surface area contributed by atoms with Crippen molar-refractivity contribution in [2.45, 2.75) is 20.3 Å². The van der Waals surface area contributed by atoms with E-state index >= 15 is 0 Å². The van der Waals surface area contributed by atoms with Crippen LogP contribution in [0.2, 0.25) is 0 Å². The second-order valence-electron chi connectivity index (χ2n) is 4.11. The number of fused-ring (bicyclic) bond motifs is 1. The van der Waals surface area contributed by atoms with Crippen LogP contribution in [0.25, 0.3) is 5.31 Å². The average Bonchev–Trinajstić information content (AvgIpc) is 2.74. The van der Waals surface area contributed by atoms with Crippen molar-refractivity contribution in [3.8, 4) is 0 Å². The van der Waals surface area contributed by atoms with E-state index in [4.69, 9.17) is 0 Å². The van der Waals surface area contributed by atoms with Crippen molar-refractivity contribution in [2.75, 3.05) is 19.8 Å². The minimum Gasteiger partial charge on any atom is -0.279 e. The van der Waals surface area contributed by atoms with Crippen LogP contribution in [0.3, 0.4) is 0 Å². The molecule has 2 rings (SSSR count). The zero-order chi connectivity index (χ0) is 11.5. The summed E-state index contributed by atoms with van der Waals surface area (Å²) >= 11 is 0. The Labute approximate surface area is 100.0 Å². The number of hydrogen-bond acceptors (Lipinski definition) is 1. The monoisotopic (exact) mass is 233 g/mol. The molecule has 1 nitrogen and oxygen atoms in total. The maximum atomic E-state index is 2.57. The van der Waals surface area contributed by atoms with Crippen molar-refractivity contribution in [3.63, 3.8) is 0 Å². The van der Waals surface area contributed by atoms with E-state index in [9.17, 15) is 0 Å². The predicted molar refractivity (Wildman–Crippen MR) is 73.9 cm³/mol. The van der Waals surface area contributed by atoms with Crippen molar-refractivity contribution >= 4 is 13.4 Å². The average molecular weight is 233 g/mol. The molecular formula is C14H20NP. The van der Waals surface area contributed by atoms with Crippen LogP contribution in [0.4, 0.5) is 0 Å². The van der Waals surface area contributed by atoms with E-state index in [2.05, 4.69) is 55.5 Å². The molecule has 0 N–H and O–H groups in total. The van der Waals surface area contributed by atoms with E-state index in [0.29, 0.717) is 0 Å². The van der Waals surface area contributed by atoms with Gasteiger partial charge >= 0.3 is 0 Å². The minimum absolute atomic E-state index is 0.137. The fourth-order valence-electron chi connectivity index (χ4n) is 2.37. The highest BCUT2D eigenvalue weighted by Crippen LogP contribution is 2.53. The summed E-state index contributed by atoms with van der Waals surface area (Å²) in [7, 11) is -0.137. The van der Waals surface area contributed by atoms with Gasteiger partial charge in [-0.15, -0.1) is 0 Å². The SMILES string of the molecule is CCN(CC)P(C)C1=CCc2ccccc21. The van der Waals surface area contributed by atoms with Gasteiger partial charge < -0.3 is 0 Å². The van der Waals surface area contributed by atoms with Crippen LogP contribution in [0, 0.1) is 0 Å². The molecule has 2 heteroatoms. The lowest BCUT2D eigenvalue weighted by Gasteiger charge is -2.28.